The van der Waals surface area contributed by atoms with Crippen molar-refractivity contribution in [2.45, 2.75) is 20.3 Å². The molecule has 5 nitrogen and oxygen atoms in total. The summed E-state index contributed by atoms with van der Waals surface area (Å²) in [5, 5.41) is 2.80. The average Bonchev–Trinajstić information content (AvgIpc) is 2.53. The van der Waals surface area contributed by atoms with Crippen LogP contribution in [-0.2, 0) is 11.2 Å². The first-order chi connectivity index (χ1) is 10.1. The molecule has 114 valence electrons. The number of hydrogen-bond acceptors (Lipinski definition) is 4. The van der Waals surface area contributed by atoms with Gasteiger partial charge in [0.05, 0.1) is 14.2 Å². The zero-order chi connectivity index (χ0) is 15.8. The number of hydrogen-bond donors (Lipinski definition) is 1. The first-order valence-corrected chi connectivity index (χ1v) is 6.68. The number of allylic oxidation sites excluding steroid dienone is 1. The summed E-state index contributed by atoms with van der Waals surface area (Å²) in [6.45, 7) is 4.01. The van der Waals surface area contributed by atoms with Crippen molar-refractivity contribution in [2.24, 2.45) is 0 Å². The first-order valence-electron chi connectivity index (χ1n) is 6.68. The van der Waals surface area contributed by atoms with Crippen LogP contribution < -0.4 is 14.8 Å². The highest BCUT2D eigenvalue weighted by molar-refractivity contribution is 5.92. The number of nitrogens with one attached hydrogen (secondary N) is 1. The first kappa shape index (κ1) is 16.8. The molecule has 1 aromatic carbocycles. The van der Waals surface area contributed by atoms with Crippen molar-refractivity contribution in [3.63, 3.8) is 0 Å². The fraction of sp³-hybridized carbons (Fsp3) is 0.375. The lowest BCUT2D eigenvalue weighted by atomic mass is 10.0. The molecule has 0 radical (unpaired) electrons. The maximum absolute atomic E-state index is 11.6. The zero-order valence-electron chi connectivity index (χ0n) is 12.9. The van der Waals surface area contributed by atoms with E-state index >= 15 is 0 Å². The minimum atomic E-state index is -0.106. The Hall–Kier alpha value is -2.30. The van der Waals surface area contributed by atoms with E-state index in [4.69, 9.17) is 9.47 Å². The lowest BCUT2D eigenvalue weighted by Gasteiger charge is -2.12. The quantitative estimate of drug-likeness (QED) is 0.617. The predicted octanol–water partition coefficient (Wildman–Crippen LogP) is 2.14. The molecule has 1 N–H and O–H groups in total. The summed E-state index contributed by atoms with van der Waals surface area (Å²) in [6, 6.07) is 3.40. The van der Waals surface area contributed by atoms with E-state index in [-0.39, 0.29) is 5.91 Å². The van der Waals surface area contributed by atoms with Gasteiger partial charge in [-0.2, -0.15) is 0 Å². The molecule has 5 heteroatoms. The van der Waals surface area contributed by atoms with Gasteiger partial charge in [-0.1, -0.05) is 6.08 Å². The molecule has 0 spiro atoms. The highest BCUT2D eigenvalue weighted by Crippen LogP contribution is 2.30. The number of benzene rings is 1. The number of carbonyl (C=O) groups is 2. The Morgan fingerprint density at radius 1 is 1.24 bits per heavy atom. The van der Waals surface area contributed by atoms with Gasteiger partial charge < -0.3 is 14.8 Å². The predicted molar refractivity (Wildman–Crippen MR) is 81.1 cm³/mol. The maximum atomic E-state index is 11.6. The van der Waals surface area contributed by atoms with Gasteiger partial charge in [0.2, 0.25) is 5.91 Å². The fourth-order valence-electron chi connectivity index (χ4n) is 1.84. The Balaban J connectivity index is 2.83. The fourth-order valence-corrected chi connectivity index (χ4v) is 1.84. The molecule has 1 rings (SSSR count). The topological polar surface area (TPSA) is 64.6 Å². The van der Waals surface area contributed by atoms with Crippen molar-refractivity contribution in [3.8, 4) is 11.5 Å². The van der Waals surface area contributed by atoms with E-state index in [0.717, 1.165) is 11.8 Å². The highest BCUT2D eigenvalue weighted by atomic mass is 16.5. The second-order valence-corrected chi connectivity index (χ2v) is 4.50. The van der Waals surface area contributed by atoms with Gasteiger partial charge in [-0.05, 0) is 38.0 Å². The van der Waals surface area contributed by atoms with Crippen LogP contribution in [-0.4, -0.2) is 33.0 Å². The number of ether oxygens (including phenoxy) is 2. The molecular formula is C16H21NO4. The van der Waals surface area contributed by atoms with E-state index in [1.165, 1.54) is 7.11 Å². The molecule has 0 heterocycles. The molecule has 0 bridgehead atoms. The Morgan fingerprint density at radius 3 is 2.38 bits per heavy atom. The second-order valence-electron chi connectivity index (χ2n) is 4.50. The van der Waals surface area contributed by atoms with Crippen LogP contribution in [0.25, 0.3) is 0 Å². The lowest BCUT2D eigenvalue weighted by molar-refractivity contribution is -0.117. The van der Waals surface area contributed by atoms with Crippen molar-refractivity contribution in [3.05, 3.63) is 34.9 Å². The number of aldehydes is 1. The molecule has 0 saturated carbocycles. The summed E-state index contributed by atoms with van der Waals surface area (Å²) >= 11 is 0. The number of amides is 1. The maximum Gasteiger partial charge on any atom is 0.246 e. The third-order valence-electron chi connectivity index (χ3n) is 3.24. The van der Waals surface area contributed by atoms with Crippen LogP contribution in [0.15, 0.2) is 23.8 Å². The van der Waals surface area contributed by atoms with Crippen molar-refractivity contribution in [2.75, 3.05) is 20.8 Å². The Labute approximate surface area is 124 Å². The molecule has 1 amide bonds. The molecule has 1 aromatic rings. The Bertz CT molecular complexity index is 549. The summed E-state index contributed by atoms with van der Waals surface area (Å²) in [7, 11) is 3.06. The highest BCUT2D eigenvalue weighted by Gasteiger charge is 2.11. The molecule has 0 aromatic heterocycles. The molecule has 0 aliphatic rings. The van der Waals surface area contributed by atoms with Gasteiger partial charge in [0.1, 0.15) is 6.29 Å². The van der Waals surface area contributed by atoms with E-state index in [1.54, 1.807) is 32.2 Å². The molecule has 0 fully saturated rings. The standard InChI is InChI=1S/C16H21NO4/c1-5-11(2)16(19)17-7-6-12-8-14(20-3)15(21-4)9-13(12)10-18/h5,8-10H,6-7H2,1-4H3,(H,17,19)/b11-5+. The third-order valence-corrected chi connectivity index (χ3v) is 3.24. The molecule has 0 aliphatic carbocycles. The van der Waals surface area contributed by atoms with E-state index in [2.05, 4.69) is 5.32 Å². The van der Waals surface area contributed by atoms with Gasteiger partial charge in [-0.25, -0.2) is 0 Å². The van der Waals surface area contributed by atoms with Gasteiger partial charge in [-0.15, -0.1) is 0 Å². The molecule has 0 aliphatic heterocycles. The van der Waals surface area contributed by atoms with Gasteiger partial charge in [0, 0.05) is 17.7 Å². The summed E-state index contributed by atoms with van der Waals surface area (Å²) in [5.74, 6) is 0.969. The van der Waals surface area contributed by atoms with Gasteiger partial charge in [-0.3, -0.25) is 9.59 Å². The minimum absolute atomic E-state index is 0.106. The van der Waals surface area contributed by atoms with Crippen molar-refractivity contribution < 1.29 is 19.1 Å². The van der Waals surface area contributed by atoms with Crippen LogP contribution in [0, 0.1) is 0 Å². The summed E-state index contributed by atoms with van der Waals surface area (Å²) in [6.07, 6.45) is 3.07. The smallest absolute Gasteiger partial charge is 0.246 e. The van der Waals surface area contributed by atoms with Crippen LogP contribution >= 0.6 is 0 Å². The second kappa shape index (κ2) is 8.09. The average molecular weight is 291 g/mol. The third kappa shape index (κ3) is 4.34. The van der Waals surface area contributed by atoms with Crippen LogP contribution in [0.3, 0.4) is 0 Å². The van der Waals surface area contributed by atoms with Crippen molar-refractivity contribution >= 4 is 12.2 Å². The largest absolute Gasteiger partial charge is 0.493 e. The van der Waals surface area contributed by atoms with E-state index < -0.39 is 0 Å². The molecule has 0 unspecified atom stereocenters. The number of methoxy groups -OCH3 is 2. The van der Waals surface area contributed by atoms with Gasteiger partial charge >= 0.3 is 0 Å². The van der Waals surface area contributed by atoms with E-state index in [9.17, 15) is 9.59 Å². The molecular weight excluding hydrogens is 270 g/mol. The summed E-state index contributed by atoms with van der Waals surface area (Å²) < 4.78 is 10.4. The van der Waals surface area contributed by atoms with Gasteiger partial charge in [0.15, 0.2) is 11.5 Å². The van der Waals surface area contributed by atoms with E-state index in [0.29, 0.717) is 35.6 Å². The number of carbonyl (C=O) groups excluding carboxylic acids is 2. The molecule has 21 heavy (non-hydrogen) atoms. The summed E-state index contributed by atoms with van der Waals surface area (Å²) in [4.78, 5) is 22.8. The van der Waals surface area contributed by atoms with Crippen LogP contribution in [0.5, 0.6) is 11.5 Å². The lowest BCUT2D eigenvalue weighted by Crippen LogP contribution is -2.26. The summed E-state index contributed by atoms with van der Waals surface area (Å²) in [5.41, 5.74) is 2.00. The Kier molecular flexibility index (Phi) is 6.46. The van der Waals surface area contributed by atoms with Gasteiger partial charge in [0.25, 0.3) is 0 Å². The zero-order valence-corrected chi connectivity index (χ0v) is 12.9. The molecule has 0 saturated heterocycles. The number of rotatable bonds is 7. The van der Waals surface area contributed by atoms with Crippen LogP contribution in [0.2, 0.25) is 0 Å². The van der Waals surface area contributed by atoms with E-state index in [1.807, 2.05) is 6.92 Å². The SMILES string of the molecule is C/C=C(\C)C(=O)NCCc1cc(OC)c(OC)cc1C=O. The van der Waals surface area contributed by atoms with Crippen LogP contribution in [0.4, 0.5) is 0 Å². The van der Waals surface area contributed by atoms with Crippen molar-refractivity contribution in [1.29, 1.82) is 0 Å². The Morgan fingerprint density at radius 2 is 1.86 bits per heavy atom. The molecule has 0 atom stereocenters. The minimum Gasteiger partial charge on any atom is -0.493 e. The monoisotopic (exact) mass is 291 g/mol. The van der Waals surface area contributed by atoms with Crippen molar-refractivity contribution in [1.82, 2.24) is 5.32 Å². The van der Waals surface area contributed by atoms with Crippen LogP contribution in [0.1, 0.15) is 29.8 Å². The normalized spacial score (nSPS) is 11.0.